The van der Waals surface area contributed by atoms with Gasteiger partial charge < -0.3 is 24.4 Å². The van der Waals surface area contributed by atoms with E-state index >= 15 is 0 Å². The lowest BCUT2D eigenvalue weighted by Gasteiger charge is -2.34. The highest BCUT2D eigenvalue weighted by molar-refractivity contribution is 7.92. The maximum atomic E-state index is 14.4. The Balaban J connectivity index is 1.76. The van der Waals surface area contributed by atoms with Gasteiger partial charge in [-0.2, -0.15) is 0 Å². The van der Waals surface area contributed by atoms with Gasteiger partial charge in [0, 0.05) is 25.1 Å². The van der Waals surface area contributed by atoms with Gasteiger partial charge in [-0.25, -0.2) is 8.42 Å². The number of carbonyl (C=O) groups is 2. The average Bonchev–Trinajstić information content (AvgIpc) is 3.05. The molecule has 2 atom stereocenters. The number of nitrogens with one attached hydrogen (secondary N) is 1. The Morgan fingerprint density at radius 3 is 2.32 bits per heavy atom. The van der Waals surface area contributed by atoms with Crippen LogP contribution in [0.5, 0.6) is 17.2 Å². The molecule has 11 heteroatoms. The molecule has 0 radical (unpaired) electrons. The Morgan fingerprint density at radius 1 is 0.932 bits per heavy atom. The zero-order valence-electron chi connectivity index (χ0n) is 25.7. The highest BCUT2D eigenvalue weighted by Crippen LogP contribution is 2.35. The normalized spacial score (nSPS) is 13.8. The van der Waals surface area contributed by atoms with Crippen molar-refractivity contribution in [1.82, 2.24) is 10.2 Å². The number of nitrogens with zero attached hydrogens (tertiary/aromatic N) is 2. The summed E-state index contributed by atoms with van der Waals surface area (Å²) in [5.74, 6) is 0.436. The predicted octanol–water partition coefficient (Wildman–Crippen LogP) is 4.18. The summed E-state index contributed by atoms with van der Waals surface area (Å²) in [7, 11) is -2.35. The van der Waals surface area contributed by atoms with Crippen LogP contribution in [0.15, 0.2) is 72.8 Å². The quantitative estimate of drug-likeness (QED) is 0.287. The van der Waals surface area contributed by atoms with Gasteiger partial charge >= 0.3 is 0 Å². The number of methoxy groups -OCH3 is 1. The molecule has 236 valence electrons. The molecule has 2 amide bonds. The van der Waals surface area contributed by atoms with Gasteiger partial charge in [-0.1, -0.05) is 49.4 Å². The predicted molar refractivity (Wildman–Crippen MR) is 170 cm³/mol. The van der Waals surface area contributed by atoms with Crippen LogP contribution in [0.2, 0.25) is 0 Å². The minimum absolute atomic E-state index is 0.0581. The molecule has 0 aromatic heterocycles. The van der Waals surface area contributed by atoms with E-state index < -0.39 is 28.5 Å². The van der Waals surface area contributed by atoms with E-state index in [-0.39, 0.29) is 36.4 Å². The van der Waals surface area contributed by atoms with Crippen molar-refractivity contribution in [2.45, 2.75) is 52.2 Å². The van der Waals surface area contributed by atoms with Crippen molar-refractivity contribution in [2.24, 2.45) is 0 Å². The molecule has 0 unspecified atom stereocenters. The van der Waals surface area contributed by atoms with Crippen molar-refractivity contribution in [1.29, 1.82) is 0 Å². The summed E-state index contributed by atoms with van der Waals surface area (Å²) in [4.78, 5) is 29.7. The first-order valence-corrected chi connectivity index (χ1v) is 16.4. The SMILES string of the molecule is CC[C@H](C)NC(=O)[C@@H](Cc1ccccc1)N(Cc1cccc(OC)c1)C(=O)CN(c1ccc2c(c1)OCCO2)S(=O)(=O)CC. The summed E-state index contributed by atoms with van der Waals surface area (Å²) in [6.07, 6.45) is 0.948. The minimum atomic E-state index is -3.91. The Hall–Kier alpha value is -4.25. The maximum Gasteiger partial charge on any atom is 0.244 e. The molecule has 1 heterocycles. The van der Waals surface area contributed by atoms with E-state index in [0.717, 1.165) is 15.4 Å². The molecule has 10 nitrogen and oxygen atoms in total. The van der Waals surface area contributed by atoms with Gasteiger partial charge in [0.2, 0.25) is 21.8 Å². The zero-order chi connectivity index (χ0) is 31.7. The van der Waals surface area contributed by atoms with Crippen molar-refractivity contribution in [2.75, 3.05) is 36.9 Å². The molecular formula is C33H41N3O7S. The summed E-state index contributed by atoms with van der Waals surface area (Å²) in [6.45, 7) is 5.67. The summed E-state index contributed by atoms with van der Waals surface area (Å²) in [5, 5.41) is 3.03. The lowest BCUT2D eigenvalue weighted by molar-refractivity contribution is -0.140. The van der Waals surface area contributed by atoms with Crippen molar-refractivity contribution in [3.63, 3.8) is 0 Å². The number of benzene rings is 3. The Bertz CT molecular complexity index is 1530. The third kappa shape index (κ3) is 8.22. The average molecular weight is 624 g/mol. The summed E-state index contributed by atoms with van der Waals surface area (Å²) in [5.41, 5.74) is 1.87. The molecule has 0 bridgehead atoms. The van der Waals surface area contributed by atoms with E-state index in [0.29, 0.717) is 36.9 Å². The van der Waals surface area contributed by atoms with E-state index in [1.807, 2.05) is 56.3 Å². The second-order valence-corrected chi connectivity index (χ2v) is 12.8. The molecule has 3 aromatic carbocycles. The highest BCUT2D eigenvalue weighted by Gasteiger charge is 2.34. The minimum Gasteiger partial charge on any atom is -0.497 e. The molecule has 44 heavy (non-hydrogen) atoms. The Kier molecular flexibility index (Phi) is 11.1. The van der Waals surface area contributed by atoms with E-state index in [2.05, 4.69) is 5.32 Å². The van der Waals surface area contributed by atoms with Gasteiger partial charge in [-0.3, -0.25) is 13.9 Å². The molecule has 0 saturated carbocycles. The fraction of sp³-hybridized carbons (Fsp3) is 0.394. The zero-order valence-corrected chi connectivity index (χ0v) is 26.5. The molecule has 0 saturated heterocycles. The Morgan fingerprint density at radius 2 is 1.64 bits per heavy atom. The largest absolute Gasteiger partial charge is 0.497 e. The molecule has 1 aliphatic heterocycles. The molecule has 0 spiro atoms. The first kappa shape index (κ1) is 32.7. The highest BCUT2D eigenvalue weighted by atomic mass is 32.2. The standard InChI is InChI=1S/C33H41N3O7S/c1-5-24(3)34-33(38)29(20-25-11-8-7-9-12-25)35(22-26-13-10-14-28(19-26)41-4)32(37)23-36(44(39,40)6-2)27-15-16-30-31(21-27)43-18-17-42-30/h7-16,19,21,24,29H,5-6,17-18,20,22-23H2,1-4H3,(H,34,38)/t24-,29+/m0/s1. The fourth-order valence-electron chi connectivity index (χ4n) is 4.87. The molecule has 3 aromatic rings. The van der Waals surface area contributed by atoms with Crippen LogP contribution in [0, 0.1) is 0 Å². The van der Waals surface area contributed by atoms with Gasteiger partial charge in [0.15, 0.2) is 11.5 Å². The monoisotopic (exact) mass is 623 g/mol. The number of hydrogen-bond donors (Lipinski definition) is 1. The van der Waals surface area contributed by atoms with Crippen LogP contribution in [0.1, 0.15) is 38.3 Å². The number of rotatable bonds is 14. The van der Waals surface area contributed by atoms with Crippen molar-refractivity contribution in [3.8, 4) is 17.2 Å². The van der Waals surface area contributed by atoms with Crippen molar-refractivity contribution in [3.05, 3.63) is 83.9 Å². The van der Waals surface area contributed by atoms with Crippen molar-refractivity contribution < 1.29 is 32.2 Å². The van der Waals surface area contributed by atoms with E-state index in [9.17, 15) is 18.0 Å². The second-order valence-electron chi connectivity index (χ2n) is 10.6. The smallest absolute Gasteiger partial charge is 0.244 e. The number of fused-ring (bicyclic) bond motifs is 1. The topological polar surface area (TPSA) is 114 Å². The fourth-order valence-corrected chi connectivity index (χ4v) is 5.92. The van der Waals surface area contributed by atoms with Gasteiger partial charge in [-0.15, -0.1) is 0 Å². The van der Waals surface area contributed by atoms with Crippen molar-refractivity contribution >= 4 is 27.5 Å². The first-order valence-electron chi connectivity index (χ1n) is 14.8. The first-order chi connectivity index (χ1) is 21.1. The van der Waals surface area contributed by atoms with Crippen LogP contribution in [0.25, 0.3) is 0 Å². The van der Waals surface area contributed by atoms with Gasteiger partial charge in [0.25, 0.3) is 0 Å². The third-order valence-electron chi connectivity index (χ3n) is 7.55. The van der Waals surface area contributed by atoms with Crippen LogP contribution >= 0.6 is 0 Å². The van der Waals surface area contributed by atoms with E-state index in [1.54, 1.807) is 37.4 Å². The third-order valence-corrected chi connectivity index (χ3v) is 9.29. The number of anilines is 1. The van der Waals surface area contributed by atoms with Crippen LogP contribution in [-0.4, -0.2) is 69.8 Å². The lowest BCUT2D eigenvalue weighted by Crippen LogP contribution is -2.54. The second kappa shape index (κ2) is 15.0. The molecule has 0 fully saturated rings. The van der Waals surface area contributed by atoms with Crippen LogP contribution in [0.3, 0.4) is 0 Å². The number of amides is 2. The summed E-state index contributed by atoms with van der Waals surface area (Å²) < 4.78 is 44.7. The number of ether oxygens (including phenoxy) is 3. The van der Waals surface area contributed by atoms with Gasteiger partial charge in [0.05, 0.1) is 18.6 Å². The molecule has 4 rings (SSSR count). The lowest BCUT2D eigenvalue weighted by atomic mass is 10.0. The molecule has 0 aliphatic carbocycles. The maximum absolute atomic E-state index is 14.4. The summed E-state index contributed by atoms with van der Waals surface area (Å²) in [6, 6.07) is 20.5. The molecule has 1 N–H and O–H groups in total. The Labute approximate surface area is 260 Å². The van der Waals surface area contributed by atoms with E-state index in [1.165, 1.54) is 11.8 Å². The number of carbonyl (C=O) groups excluding carboxylic acids is 2. The summed E-state index contributed by atoms with van der Waals surface area (Å²) >= 11 is 0. The van der Waals surface area contributed by atoms with Crippen LogP contribution in [-0.2, 0) is 32.6 Å². The van der Waals surface area contributed by atoms with Crippen LogP contribution in [0.4, 0.5) is 5.69 Å². The van der Waals surface area contributed by atoms with E-state index in [4.69, 9.17) is 14.2 Å². The van der Waals surface area contributed by atoms with Crippen LogP contribution < -0.4 is 23.8 Å². The molecular weight excluding hydrogens is 582 g/mol. The van der Waals surface area contributed by atoms with Gasteiger partial charge in [-0.05, 0) is 55.7 Å². The number of sulfonamides is 1. The molecule has 1 aliphatic rings. The van der Waals surface area contributed by atoms with Gasteiger partial charge in [0.1, 0.15) is 31.5 Å². The number of hydrogen-bond acceptors (Lipinski definition) is 7.